The van der Waals surface area contributed by atoms with Crippen molar-refractivity contribution >= 4 is 23.9 Å². The maximum atomic E-state index is 10.8. The summed E-state index contributed by atoms with van der Waals surface area (Å²) in [5, 5.41) is 8.68. The molecule has 0 aliphatic rings. The summed E-state index contributed by atoms with van der Waals surface area (Å²) in [6, 6.07) is 0. The molecule has 0 aliphatic carbocycles. The topological polar surface area (TPSA) is 144 Å². The minimum Gasteiger partial charge on any atom is -0.462 e. The zero-order valence-electron chi connectivity index (χ0n) is 26.6. The van der Waals surface area contributed by atoms with Crippen LogP contribution in [0.2, 0.25) is 0 Å². The van der Waals surface area contributed by atoms with Crippen molar-refractivity contribution in [1.82, 2.24) is 0 Å². The zero-order valence-corrected chi connectivity index (χ0v) is 26.6. The Morgan fingerprint density at radius 1 is 0.683 bits per heavy atom. The Labute approximate surface area is 246 Å². The fraction of sp³-hybridized carbons (Fsp3) is 0.600. The summed E-state index contributed by atoms with van der Waals surface area (Å²) in [4.78, 5) is 42.8. The minimum atomic E-state index is -0.608. The molecule has 0 aromatic rings. The number of methoxy groups -OCH3 is 1. The van der Waals surface area contributed by atoms with E-state index in [1.165, 1.54) is 7.11 Å². The van der Waals surface area contributed by atoms with Crippen molar-refractivity contribution in [2.45, 2.75) is 93.8 Å². The summed E-state index contributed by atoms with van der Waals surface area (Å²) in [5.41, 5.74) is 1.58. The lowest BCUT2D eigenvalue weighted by atomic mass is 10.3. The van der Waals surface area contributed by atoms with Gasteiger partial charge < -0.3 is 33.5 Å². The molecule has 0 saturated heterocycles. The molecule has 0 radical (unpaired) electrons. The van der Waals surface area contributed by atoms with E-state index in [1.54, 1.807) is 48.5 Å². The molecule has 0 spiro atoms. The van der Waals surface area contributed by atoms with Gasteiger partial charge in [0.15, 0.2) is 12.6 Å². The third-order valence-electron chi connectivity index (χ3n) is 3.86. The van der Waals surface area contributed by atoms with Crippen molar-refractivity contribution in [3.63, 3.8) is 0 Å². The number of hydrogen-bond acceptors (Lipinski definition) is 11. The van der Waals surface area contributed by atoms with Gasteiger partial charge in [0.2, 0.25) is 0 Å². The number of ether oxygens (including phenoxy) is 6. The predicted octanol–water partition coefficient (Wildman–Crippen LogP) is 4.98. The molecule has 0 fully saturated rings. The van der Waals surface area contributed by atoms with E-state index in [2.05, 4.69) is 42.7 Å². The van der Waals surface area contributed by atoms with E-state index in [1.807, 2.05) is 6.92 Å². The minimum absolute atomic E-state index is 0.0334. The van der Waals surface area contributed by atoms with Crippen molar-refractivity contribution < 1.29 is 52.7 Å². The third-order valence-corrected chi connectivity index (χ3v) is 3.86. The van der Waals surface area contributed by atoms with Gasteiger partial charge in [-0.2, -0.15) is 0 Å². The van der Waals surface area contributed by atoms with Gasteiger partial charge in [0.1, 0.15) is 6.61 Å². The lowest BCUT2D eigenvalue weighted by Gasteiger charge is -2.11. The number of unbranched alkanes of at least 4 members (excludes halogenated alkanes) is 1. The fourth-order valence-electron chi connectivity index (χ4n) is 1.57. The number of aliphatic hydroxyl groups excluding tert-OH is 1. The van der Waals surface area contributed by atoms with Crippen LogP contribution in [0.1, 0.15) is 75.2 Å². The molecule has 0 rings (SSSR count). The Balaban J connectivity index is -0.000000223. The predicted molar refractivity (Wildman–Crippen MR) is 158 cm³/mol. The second kappa shape index (κ2) is 28.3. The molecule has 0 saturated carbocycles. The van der Waals surface area contributed by atoms with E-state index >= 15 is 0 Å². The first kappa shape index (κ1) is 44.7. The van der Waals surface area contributed by atoms with Crippen LogP contribution in [0.15, 0.2) is 48.6 Å². The Morgan fingerprint density at radius 3 is 1.39 bits per heavy atom. The van der Waals surface area contributed by atoms with Crippen LogP contribution < -0.4 is 0 Å². The van der Waals surface area contributed by atoms with Crippen LogP contribution in [0.3, 0.4) is 0 Å². The maximum Gasteiger partial charge on any atom is 0.335 e. The van der Waals surface area contributed by atoms with E-state index in [4.69, 9.17) is 24.1 Å². The highest BCUT2D eigenvalue weighted by atomic mass is 16.7. The van der Waals surface area contributed by atoms with Crippen LogP contribution in [-0.4, -0.2) is 74.6 Å². The number of aliphatic hydroxyl groups is 1. The quantitative estimate of drug-likeness (QED) is 0.0964. The number of hydrogen-bond donors (Lipinski definition) is 1. The molecule has 238 valence electrons. The second-order valence-corrected chi connectivity index (χ2v) is 8.70. The van der Waals surface area contributed by atoms with Gasteiger partial charge in [0.05, 0.1) is 12.7 Å². The summed E-state index contributed by atoms with van der Waals surface area (Å²) >= 11 is 0. The summed E-state index contributed by atoms with van der Waals surface area (Å²) < 4.78 is 28.5. The number of carbonyl (C=O) groups excluding carboxylic acids is 4. The molecule has 41 heavy (non-hydrogen) atoms. The zero-order chi connectivity index (χ0) is 33.1. The highest BCUT2D eigenvalue weighted by Crippen LogP contribution is 1.99. The Bertz CT molecular complexity index is 828. The third kappa shape index (κ3) is 34.7. The standard InChI is InChI=1S/C8H14O3.C8H14O2.2C7H12O3/c1-5-10-7(4)11-8(9)6(2)3;1-4-5-6-10-8(9)7(2)3;1-5(2)7(8)10-6(3)9-4;1-5(2)7(9)10-4-6(3)8/h7H,2,5H2,1,3-4H3;2,4-6H2,1,3H3;6H,1H2,2-4H3;6,8H,1,4H2,2-3H3. The van der Waals surface area contributed by atoms with Crippen LogP contribution in [0.5, 0.6) is 0 Å². The molecular weight excluding hydrogens is 536 g/mol. The molecule has 1 N–H and O–H groups in total. The van der Waals surface area contributed by atoms with E-state index in [0.29, 0.717) is 35.5 Å². The summed E-state index contributed by atoms with van der Waals surface area (Å²) in [6.45, 7) is 29.9. The highest BCUT2D eigenvalue weighted by molar-refractivity contribution is 5.88. The van der Waals surface area contributed by atoms with Gasteiger partial charge in [0.25, 0.3) is 0 Å². The molecular formula is C30H52O11. The van der Waals surface area contributed by atoms with Crippen LogP contribution in [-0.2, 0) is 47.6 Å². The van der Waals surface area contributed by atoms with Gasteiger partial charge in [-0.05, 0) is 61.8 Å². The molecule has 0 heterocycles. The molecule has 11 heteroatoms. The smallest absolute Gasteiger partial charge is 0.335 e. The Kier molecular flexibility index (Phi) is 30.8. The lowest BCUT2D eigenvalue weighted by Crippen LogP contribution is -2.18. The monoisotopic (exact) mass is 588 g/mol. The van der Waals surface area contributed by atoms with Crippen LogP contribution >= 0.6 is 0 Å². The van der Waals surface area contributed by atoms with E-state index in [9.17, 15) is 19.2 Å². The second-order valence-electron chi connectivity index (χ2n) is 8.70. The largest absolute Gasteiger partial charge is 0.462 e. The van der Waals surface area contributed by atoms with Gasteiger partial charge in [-0.1, -0.05) is 39.7 Å². The Morgan fingerprint density at radius 2 is 1.07 bits per heavy atom. The molecule has 3 unspecified atom stereocenters. The van der Waals surface area contributed by atoms with E-state index < -0.39 is 36.6 Å². The average molecular weight is 589 g/mol. The number of esters is 4. The first-order chi connectivity index (χ1) is 18.9. The van der Waals surface area contributed by atoms with Crippen molar-refractivity contribution in [1.29, 1.82) is 0 Å². The molecule has 3 atom stereocenters. The van der Waals surface area contributed by atoms with Gasteiger partial charge >= 0.3 is 23.9 Å². The molecule has 0 aromatic carbocycles. The maximum absolute atomic E-state index is 10.8. The van der Waals surface area contributed by atoms with Crippen molar-refractivity contribution in [3.8, 4) is 0 Å². The first-order valence-corrected chi connectivity index (χ1v) is 13.1. The van der Waals surface area contributed by atoms with E-state index in [-0.39, 0.29) is 12.6 Å². The van der Waals surface area contributed by atoms with Crippen molar-refractivity contribution in [2.75, 3.05) is 26.9 Å². The number of rotatable bonds is 14. The molecule has 11 nitrogen and oxygen atoms in total. The van der Waals surface area contributed by atoms with Crippen LogP contribution in [0.4, 0.5) is 0 Å². The van der Waals surface area contributed by atoms with Crippen LogP contribution in [0, 0.1) is 0 Å². The van der Waals surface area contributed by atoms with Crippen LogP contribution in [0.25, 0.3) is 0 Å². The molecule has 0 aliphatic heterocycles. The van der Waals surface area contributed by atoms with Crippen molar-refractivity contribution in [2.24, 2.45) is 0 Å². The lowest BCUT2D eigenvalue weighted by molar-refractivity contribution is -0.169. The van der Waals surface area contributed by atoms with Gasteiger partial charge in [0, 0.05) is 36.0 Å². The first-order valence-electron chi connectivity index (χ1n) is 13.1. The number of carbonyl (C=O) groups is 4. The molecule has 0 aromatic heterocycles. The van der Waals surface area contributed by atoms with Gasteiger partial charge in [-0.3, -0.25) is 0 Å². The Hall–Kier alpha value is -3.28. The molecule has 0 bridgehead atoms. The summed E-state index contributed by atoms with van der Waals surface area (Å²) in [6.07, 6.45) is 0.388. The fourth-order valence-corrected chi connectivity index (χ4v) is 1.57. The van der Waals surface area contributed by atoms with Gasteiger partial charge in [-0.15, -0.1) is 0 Å². The molecule has 0 amide bonds. The van der Waals surface area contributed by atoms with Crippen molar-refractivity contribution in [3.05, 3.63) is 48.6 Å². The average Bonchev–Trinajstić information content (AvgIpc) is 2.88. The normalized spacial score (nSPS) is 11.5. The summed E-state index contributed by atoms with van der Waals surface area (Å²) in [7, 11) is 1.47. The van der Waals surface area contributed by atoms with Gasteiger partial charge in [-0.25, -0.2) is 19.2 Å². The highest BCUT2D eigenvalue weighted by Gasteiger charge is 2.09. The van der Waals surface area contributed by atoms with E-state index in [0.717, 1.165) is 12.8 Å². The summed E-state index contributed by atoms with van der Waals surface area (Å²) in [5.74, 6) is -1.57. The SMILES string of the molecule is C=C(C)C(=O)OC(C)OC.C=C(C)C(=O)OC(C)OCC.C=C(C)C(=O)OCC(C)O.C=C(C)C(=O)OCCCC.